The first-order chi connectivity index (χ1) is 15.4. The second-order valence-electron chi connectivity index (χ2n) is 6.15. The first-order valence-corrected chi connectivity index (χ1v) is 9.03. The number of H-pyrrole nitrogens is 1. The second kappa shape index (κ2) is 9.47. The van der Waals surface area contributed by atoms with Crippen LogP contribution in [0.2, 0.25) is 0 Å². The molecule has 3 rings (SSSR count). The number of rotatable bonds is 7. The van der Waals surface area contributed by atoms with Crippen molar-refractivity contribution in [3.8, 4) is 28.8 Å². The van der Waals surface area contributed by atoms with Crippen molar-refractivity contribution in [3.63, 3.8) is 0 Å². The number of nitrogens with zero attached hydrogens (tertiary/aromatic N) is 3. The molecule has 32 heavy (non-hydrogen) atoms. The van der Waals surface area contributed by atoms with Gasteiger partial charge in [-0.2, -0.15) is 5.10 Å². The van der Waals surface area contributed by atoms with Gasteiger partial charge in [0.25, 0.3) is 11.5 Å². The lowest BCUT2D eigenvalue weighted by molar-refractivity contribution is 0.0955. The van der Waals surface area contributed by atoms with E-state index in [4.69, 9.17) is 14.2 Å². The van der Waals surface area contributed by atoms with Crippen LogP contribution < -0.4 is 30.9 Å². The Morgan fingerprint density at radius 3 is 2.31 bits per heavy atom. The van der Waals surface area contributed by atoms with Crippen LogP contribution in [0.5, 0.6) is 23.1 Å². The number of ether oxygens (including phenoxy) is 3. The van der Waals surface area contributed by atoms with Crippen molar-refractivity contribution in [2.45, 2.75) is 0 Å². The maximum Gasteiger partial charge on any atom is 0.335 e. The van der Waals surface area contributed by atoms with Crippen LogP contribution in [0.1, 0.15) is 15.9 Å². The van der Waals surface area contributed by atoms with Crippen molar-refractivity contribution in [1.82, 2.24) is 20.0 Å². The fourth-order valence-electron chi connectivity index (χ4n) is 2.81. The van der Waals surface area contributed by atoms with Gasteiger partial charge in [0.2, 0.25) is 11.6 Å². The van der Waals surface area contributed by atoms with Crippen LogP contribution in [-0.2, 0) is 0 Å². The predicted molar refractivity (Wildman–Crippen MR) is 113 cm³/mol. The number of hydrogen-bond donors (Lipinski definition) is 3. The lowest BCUT2D eigenvalue weighted by Gasteiger charge is -2.16. The molecule has 12 heteroatoms. The molecule has 3 N–H and O–H groups in total. The minimum absolute atomic E-state index is 0.119. The first kappa shape index (κ1) is 22.1. The number of hydrogen-bond acceptors (Lipinski definition) is 9. The van der Waals surface area contributed by atoms with E-state index in [2.05, 4.69) is 20.5 Å². The Balaban J connectivity index is 2.03. The van der Waals surface area contributed by atoms with Gasteiger partial charge in [-0.3, -0.25) is 19.6 Å². The molecule has 0 saturated carbocycles. The highest BCUT2D eigenvalue weighted by molar-refractivity contribution is 5.94. The number of aromatic hydroxyl groups is 1. The zero-order valence-corrected chi connectivity index (χ0v) is 17.3. The Bertz CT molecular complexity index is 1260. The van der Waals surface area contributed by atoms with Crippen LogP contribution >= 0.6 is 0 Å². The number of amides is 1. The van der Waals surface area contributed by atoms with Gasteiger partial charge in [0.1, 0.15) is 5.56 Å². The molecule has 1 aromatic carbocycles. The molecule has 2 aromatic heterocycles. The minimum Gasteiger partial charge on any atom is -0.493 e. The van der Waals surface area contributed by atoms with Crippen molar-refractivity contribution >= 4 is 12.1 Å². The largest absolute Gasteiger partial charge is 0.493 e. The van der Waals surface area contributed by atoms with Crippen LogP contribution in [-0.4, -0.2) is 53.1 Å². The molecule has 0 spiro atoms. The molecule has 0 aliphatic heterocycles. The highest BCUT2D eigenvalue weighted by atomic mass is 16.5. The average molecular weight is 441 g/mol. The molecule has 0 bridgehead atoms. The standard InChI is InChI=1S/C20H19N5O7/c1-30-14-8-12(9-15(31-2)16(14)32-3)25-19(28)13(18(27)23-20(25)29)10-22-24-17(26)11-4-6-21-7-5-11/h4-10,28H,1-3H3,(H,24,26)(H,23,27,29). The van der Waals surface area contributed by atoms with Gasteiger partial charge < -0.3 is 19.3 Å². The van der Waals surface area contributed by atoms with Crippen LogP contribution in [0, 0.1) is 0 Å². The number of aromatic amines is 1. The van der Waals surface area contributed by atoms with Crippen molar-refractivity contribution in [2.75, 3.05) is 21.3 Å². The molecule has 0 radical (unpaired) electrons. The topological polar surface area (TPSA) is 157 Å². The van der Waals surface area contributed by atoms with Crippen molar-refractivity contribution in [2.24, 2.45) is 5.10 Å². The van der Waals surface area contributed by atoms with Gasteiger partial charge in [-0.1, -0.05) is 0 Å². The maximum atomic E-state index is 12.4. The minimum atomic E-state index is -0.917. The molecular formula is C20H19N5O7. The number of carbonyl (C=O) groups excluding carboxylic acids is 1. The third-order valence-corrected chi connectivity index (χ3v) is 4.33. The Kier molecular flexibility index (Phi) is 6.53. The molecule has 2 heterocycles. The molecule has 0 unspecified atom stereocenters. The maximum absolute atomic E-state index is 12.4. The molecule has 3 aromatic rings. The smallest absolute Gasteiger partial charge is 0.335 e. The SMILES string of the molecule is COc1cc(-n2c(O)c(C=NNC(=O)c3ccncc3)c(=O)[nH]c2=O)cc(OC)c1OC. The van der Waals surface area contributed by atoms with Gasteiger partial charge in [-0.05, 0) is 12.1 Å². The Hall–Kier alpha value is -4.61. The third-order valence-electron chi connectivity index (χ3n) is 4.33. The summed E-state index contributed by atoms with van der Waals surface area (Å²) in [5.41, 5.74) is 0.442. The van der Waals surface area contributed by atoms with Crippen LogP contribution in [0.3, 0.4) is 0 Å². The number of benzene rings is 1. The van der Waals surface area contributed by atoms with E-state index in [9.17, 15) is 19.5 Å². The summed E-state index contributed by atoms with van der Waals surface area (Å²) in [5, 5.41) is 14.3. The highest BCUT2D eigenvalue weighted by Gasteiger charge is 2.19. The summed E-state index contributed by atoms with van der Waals surface area (Å²) < 4.78 is 16.6. The molecule has 12 nitrogen and oxygen atoms in total. The van der Waals surface area contributed by atoms with E-state index < -0.39 is 23.0 Å². The van der Waals surface area contributed by atoms with E-state index in [1.54, 1.807) is 0 Å². The number of carbonyl (C=O) groups is 1. The Morgan fingerprint density at radius 2 is 1.75 bits per heavy atom. The van der Waals surface area contributed by atoms with E-state index in [1.807, 2.05) is 0 Å². The number of methoxy groups -OCH3 is 3. The number of nitrogens with one attached hydrogen (secondary N) is 2. The number of aromatic nitrogens is 3. The van der Waals surface area contributed by atoms with Crippen molar-refractivity contribution in [1.29, 1.82) is 0 Å². The first-order valence-electron chi connectivity index (χ1n) is 9.03. The van der Waals surface area contributed by atoms with E-state index >= 15 is 0 Å². The molecular weight excluding hydrogens is 422 g/mol. The lowest BCUT2D eigenvalue weighted by atomic mass is 10.2. The predicted octanol–water partition coefficient (Wildman–Crippen LogP) is 0.416. The van der Waals surface area contributed by atoms with Crippen LogP contribution in [0.25, 0.3) is 5.69 Å². The molecule has 0 aliphatic carbocycles. The number of pyridine rings is 1. The molecule has 166 valence electrons. The lowest BCUT2D eigenvalue weighted by Crippen LogP contribution is -2.31. The summed E-state index contributed by atoms with van der Waals surface area (Å²) in [6.45, 7) is 0. The summed E-state index contributed by atoms with van der Waals surface area (Å²) in [6, 6.07) is 5.76. The van der Waals surface area contributed by atoms with Gasteiger partial charge >= 0.3 is 5.69 Å². The monoisotopic (exact) mass is 441 g/mol. The molecule has 0 saturated heterocycles. The van der Waals surface area contributed by atoms with Gasteiger partial charge in [0.05, 0.1) is 33.2 Å². The average Bonchev–Trinajstić information content (AvgIpc) is 2.80. The quantitative estimate of drug-likeness (QED) is 0.352. The summed E-state index contributed by atoms with van der Waals surface area (Å²) in [5.74, 6) is -0.554. The normalized spacial score (nSPS) is 10.7. The molecule has 1 amide bonds. The molecule has 0 atom stereocenters. The second-order valence-corrected chi connectivity index (χ2v) is 6.15. The van der Waals surface area contributed by atoms with Crippen LogP contribution in [0.15, 0.2) is 51.3 Å². The zero-order chi connectivity index (χ0) is 23.3. The van der Waals surface area contributed by atoms with E-state index in [-0.39, 0.29) is 34.1 Å². The van der Waals surface area contributed by atoms with Gasteiger partial charge in [-0.15, -0.1) is 0 Å². The van der Waals surface area contributed by atoms with Crippen LogP contribution in [0.4, 0.5) is 0 Å². The van der Waals surface area contributed by atoms with E-state index in [1.165, 1.54) is 58.0 Å². The molecule has 0 aliphatic rings. The van der Waals surface area contributed by atoms with Gasteiger partial charge in [-0.25, -0.2) is 14.8 Å². The fourth-order valence-corrected chi connectivity index (χ4v) is 2.81. The fraction of sp³-hybridized carbons (Fsp3) is 0.150. The summed E-state index contributed by atoms with van der Waals surface area (Å²) in [6.07, 6.45) is 3.78. The Labute approximate surface area is 180 Å². The number of hydrazone groups is 1. The van der Waals surface area contributed by atoms with Crippen molar-refractivity contribution < 1.29 is 24.1 Å². The van der Waals surface area contributed by atoms with Crippen molar-refractivity contribution in [3.05, 3.63) is 68.6 Å². The summed E-state index contributed by atoms with van der Waals surface area (Å²) in [7, 11) is 4.19. The molecule has 0 fully saturated rings. The zero-order valence-electron chi connectivity index (χ0n) is 17.3. The summed E-state index contributed by atoms with van der Waals surface area (Å²) in [4.78, 5) is 42.6. The summed E-state index contributed by atoms with van der Waals surface area (Å²) >= 11 is 0. The van der Waals surface area contributed by atoms with Gasteiger partial charge in [0.15, 0.2) is 11.5 Å². The van der Waals surface area contributed by atoms with Gasteiger partial charge in [0, 0.05) is 30.1 Å². The van der Waals surface area contributed by atoms with E-state index in [0.29, 0.717) is 0 Å². The van der Waals surface area contributed by atoms with E-state index in [0.717, 1.165) is 10.8 Å². The highest BCUT2D eigenvalue weighted by Crippen LogP contribution is 2.39. The third kappa shape index (κ3) is 4.28. The Morgan fingerprint density at radius 1 is 1.12 bits per heavy atom.